The van der Waals surface area contributed by atoms with Crippen LogP contribution < -0.4 is 10.1 Å². The van der Waals surface area contributed by atoms with Crippen LogP contribution in [-0.2, 0) is 9.53 Å². The number of hydrogen-bond acceptors (Lipinski definition) is 6. The van der Waals surface area contributed by atoms with Gasteiger partial charge in [-0.25, -0.2) is 14.1 Å². The third-order valence-corrected chi connectivity index (χ3v) is 3.97. The normalized spacial score (nSPS) is 14.8. The van der Waals surface area contributed by atoms with Gasteiger partial charge in [0.2, 0.25) is 5.82 Å². The molecular formula is C18H20F2N2O5S. The lowest BCUT2D eigenvalue weighted by atomic mass is 10.1. The van der Waals surface area contributed by atoms with Crippen LogP contribution in [0.5, 0.6) is 5.75 Å². The number of amides is 2. The van der Waals surface area contributed by atoms with Crippen molar-refractivity contribution in [1.82, 2.24) is 4.90 Å². The molecule has 28 heavy (non-hydrogen) atoms. The standard InChI is InChI=1S/C18H20F2N2O5S/c1-18(2,3)27-17(25)22-8-7-11(23)12(16(22)24)15(28)21-10-6-5-9(19)13(20)14(10)26-4/h5-6,23H,7-8H2,1-4H3,(H,21,28). The molecule has 7 nitrogen and oxygen atoms in total. The number of aliphatic hydroxyl groups excluding tert-OH is 1. The Morgan fingerprint density at radius 1 is 1.32 bits per heavy atom. The van der Waals surface area contributed by atoms with Gasteiger partial charge in [-0.2, -0.15) is 4.39 Å². The van der Waals surface area contributed by atoms with Crippen molar-refractivity contribution in [3.05, 3.63) is 35.1 Å². The van der Waals surface area contributed by atoms with Gasteiger partial charge in [0.15, 0.2) is 11.6 Å². The molecule has 0 saturated carbocycles. The minimum Gasteiger partial charge on any atom is -0.511 e. The van der Waals surface area contributed by atoms with E-state index in [9.17, 15) is 23.5 Å². The fraction of sp³-hybridized carbons (Fsp3) is 0.389. The Morgan fingerprint density at radius 3 is 2.54 bits per heavy atom. The van der Waals surface area contributed by atoms with Gasteiger partial charge >= 0.3 is 6.09 Å². The molecule has 0 unspecified atom stereocenters. The fourth-order valence-corrected chi connectivity index (χ4v) is 2.75. The average molecular weight is 414 g/mol. The third kappa shape index (κ3) is 4.56. The van der Waals surface area contributed by atoms with Crippen molar-refractivity contribution in [3.8, 4) is 5.75 Å². The van der Waals surface area contributed by atoms with E-state index in [0.717, 1.165) is 18.1 Å². The summed E-state index contributed by atoms with van der Waals surface area (Å²) in [4.78, 5) is 25.5. The maximum atomic E-state index is 13.9. The maximum Gasteiger partial charge on any atom is 0.417 e. The number of halogens is 2. The number of thiocarbonyl (C=S) groups is 1. The smallest absolute Gasteiger partial charge is 0.417 e. The van der Waals surface area contributed by atoms with E-state index in [1.807, 2.05) is 0 Å². The molecule has 0 spiro atoms. The zero-order valence-electron chi connectivity index (χ0n) is 15.8. The van der Waals surface area contributed by atoms with Crippen molar-refractivity contribution >= 4 is 34.9 Å². The Morgan fingerprint density at radius 2 is 1.96 bits per heavy atom. The number of anilines is 1. The lowest BCUT2D eigenvalue weighted by molar-refractivity contribution is -0.126. The number of rotatable bonds is 3. The maximum absolute atomic E-state index is 13.9. The monoisotopic (exact) mass is 414 g/mol. The number of benzene rings is 1. The molecule has 0 bridgehead atoms. The SMILES string of the molecule is COc1c(NC(=S)C2=C(O)CCN(C(=O)OC(C)(C)C)C2=O)ccc(F)c1F. The molecule has 1 aliphatic rings. The summed E-state index contributed by atoms with van der Waals surface area (Å²) in [7, 11) is 1.14. The largest absolute Gasteiger partial charge is 0.511 e. The van der Waals surface area contributed by atoms with Crippen LogP contribution in [0, 0.1) is 11.6 Å². The van der Waals surface area contributed by atoms with Crippen LogP contribution in [0.25, 0.3) is 0 Å². The summed E-state index contributed by atoms with van der Waals surface area (Å²) >= 11 is 5.14. The molecule has 1 aromatic rings. The van der Waals surface area contributed by atoms with Crippen molar-refractivity contribution in [2.45, 2.75) is 32.8 Å². The molecule has 10 heteroatoms. The number of carbonyl (C=O) groups excluding carboxylic acids is 2. The van der Waals surface area contributed by atoms with E-state index < -0.39 is 35.0 Å². The van der Waals surface area contributed by atoms with Crippen LogP contribution in [0.15, 0.2) is 23.5 Å². The Bertz CT molecular complexity index is 864. The number of aliphatic hydroxyl groups is 1. The quantitative estimate of drug-likeness (QED) is 0.730. The molecule has 152 valence electrons. The molecule has 0 fully saturated rings. The number of nitrogens with one attached hydrogen (secondary N) is 1. The van der Waals surface area contributed by atoms with Gasteiger partial charge in [-0.05, 0) is 32.9 Å². The lowest BCUT2D eigenvalue weighted by Crippen LogP contribution is -2.46. The molecule has 2 rings (SSSR count). The number of methoxy groups -OCH3 is 1. The highest BCUT2D eigenvalue weighted by molar-refractivity contribution is 7.81. The molecule has 2 amide bonds. The zero-order valence-corrected chi connectivity index (χ0v) is 16.6. The van der Waals surface area contributed by atoms with Crippen molar-refractivity contribution in [2.24, 2.45) is 0 Å². The summed E-state index contributed by atoms with van der Waals surface area (Å²) in [6.45, 7) is 4.86. The number of carbonyl (C=O) groups is 2. The van der Waals surface area contributed by atoms with Gasteiger partial charge in [-0.15, -0.1) is 0 Å². The Labute approximate surface area is 165 Å². The highest BCUT2D eigenvalue weighted by atomic mass is 32.1. The first-order valence-corrected chi connectivity index (χ1v) is 8.67. The molecule has 0 radical (unpaired) electrons. The first-order chi connectivity index (χ1) is 13.0. The van der Waals surface area contributed by atoms with Gasteiger partial charge in [0.05, 0.1) is 12.8 Å². The van der Waals surface area contributed by atoms with Crippen LogP contribution in [-0.4, -0.2) is 46.3 Å². The molecule has 0 aliphatic carbocycles. The summed E-state index contributed by atoms with van der Waals surface area (Å²) in [5, 5.41) is 12.7. The van der Waals surface area contributed by atoms with E-state index in [1.165, 1.54) is 6.07 Å². The van der Waals surface area contributed by atoms with Gasteiger partial charge in [-0.3, -0.25) is 4.79 Å². The molecule has 1 aliphatic heterocycles. The topological polar surface area (TPSA) is 88.1 Å². The van der Waals surface area contributed by atoms with Gasteiger partial charge in [0, 0.05) is 13.0 Å². The van der Waals surface area contributed by atoms with Crippen molar-refractivity contribution in [1.29, 1.82) is 0 Å². The molecule has 0 saturated heterocycles. The molecule has 1 heterocycles. The summed E-state index contributed by atoms with van der Waals surface area (Å²) in [6.07, 6.45) is -0.910. The van der Waals surface area contributed by atoms with Crippen molar-refractivity contribution in [2.75, 3.05) is 19.0 Å². The number of nitrogens with zero attached hydrogens (tertiary/aromatic N) is 1. The summed E-state index contributed by atoms with van der Waals surface area (Å²) in [6, 6.07) is 2.02. The predicted molar refractivity (Wildman–Crippen MR) is 101 cm³/mol. The van der Waals surface area contributed by atoms with E-state index in [4.69, 9.17) is 21.7 Å². The van der Waals surface area contributed by atoms with Crippen LogP contribution in [0.1, 0.15) is 27.2 Å². The average Bonchev–Trinajstić information content (AvgIpc) is 2.57. The fourth-order valence-electron chi connectivity index (χ4n) is 2.44. The predicted octanol–water partition coefficient (Wildman–Crippen LogP) is 3.69. The second kappa shape index (κ2) is 8.09. The zero-order chi connectivity index (χ0) is 21.2. The molecule has 0 atom stereocenters. The summed E-state index contributed by atoms with van der Waals surface area (Å²) < 4.78 is 37.2. The molecule has 1 aromatic carbocycles. The number of ether oxygens (including phenoxy) is 2. The molecule has 2 N–H and O–H groups in total. The first-order valence-electron chi connectivity index (χ1n) is 8.26. The van der Waals surface area contributed by atoms with Gasteiger partial charge in [0.25, 0.3) is 5.91 Å². The van der Waals surface area contributed by atoms with Crippen LogP contribution in [0.3, 0.4) is 0 Å². The van der Waals surface area contributed by atoms with E-state index in [0.29, 0.717) is 0 Å². The minimum atomic E-state index is -1.24. The molecular weight excluding hydrogens is 394 g/mol. The lowest BCUT2D eigenvalue weighted by Gasteiger charge is -2.29. The first kappa shape index (κ1) is 21.5. The summed E-state index contributed by atoms with van der Waals surface area (Å²) in [5.41, 5.74) is -1.20. The van der Waals surface area contributed by atoms with Gasteiger partial charge in [-0.1, -0.05) is 12.2 Å². The minimum absolute atomic E-state index is 0.0307. The second-order valence-electron chi connectivity index (χ2n) is 6.91. The van der Waals surface area contributed by atoms with E-state index in [2.05, 4.69) is 5.32 Å². The highest BCUT2D eigenvalue weighted by Gasteiger charge is 2.36. The van der Waals surface area contributed by atoms with E-state index in [-0.39, 0.29) is 35.0 Å². The van der Waals surface area contributed by atoms with Gasteiger partial charge < -0.3 is 19.9 Å². The molecule has 0 aromatic heterocycles. The highest BCUT2D eigenvalue weighted by Crippen LogP contribution is 2.31. The van der Waals surface area contributed by atoms with E-state index >= 15 is 0 Å². The Kier molecular flexibility index (Phi) is 6.23. The second-order valence-corrected chi connectivity index (χ2v) is 7.31. The Hall–Kier alpha value is -2.75. The summed E-state index contributed by atoms with van der Waals surface area (Å²) in [5.74, 6) is -4.00. The Balaban J connectivity index is 2.28. The van der Waals surface area contributed by atoms with Gasteiger partial charge in [0.1, 0.15) is 21.9 Å². The van der Waals surface area contributed by atoms with E-state index in [1.54, 1.807) is 20.8 Å². The van der Waals surface area contributed by atoms with Crippen LogP contribution >= 0.6 is 12.2 Å². The number of hydrogen-bond donors (Lipinski definition) is 2. The van der Waals surface area contributed by atoms with Crippen LogP contribution in [0.2, 0.25) is 0 Å². The number of imide groups is 1. The van der Waals surface area contributed by atoms with Crippen LogP contribution in [0.4, 0.5) is 19.3 Å². The van der Waals surface area contributed by atoms with Crippen molar-refractivity contribution < 1.29 is 33.0 Å². The van der Waals surface area contributed by atoms with Crippen molar-refractivity contribution in [3.63, 3.8) is 0 Å². The third-order valence-electron chi connectivity index (χ3n) is 3.66.